The van der Waals surface area contributed by atoms with Crippen LogP contribution in [0.5, 0.6) is 5.75 Å². The molecule has 0 heterocycles. The minimum Gasteiger partial charge on any atom is -0.491 e. The summed E-state index contributed by atoms with van der Waals surface area (Å²) in [6, 6.07) is 7.20. The zero-order valence-corrected chi connectivity index (χ0v) is 12.4. The summed E-state index contributed by atoms with van der Waals surface area (Å²) in [5.74, 6) is 0.688. The minimum atomic E-state index is -0.508. The van der Waals surface area contributed by atoms with Gasteiger partial charge in [0.25, 0.3) is 0 Å². The molecule has 0 fully saturated rings. The quantitative estimate of drug-likeness (QED) is 0.572. The topological polar surface area (TPSA) is 41.5 Å². The van der Waals surface area contributed by atoms with Crippen molar-refractivity contribution in [2.45, 2.75) is 31.8 Å². The standard InChI is InChI=1S/C16H22ClNO2/c17-14-6-3-7-16(10-14)20-12-15(19)11-18-9-8-13-4-1-2-5-13/h3-4,6-7,10,15,18-19H,1-2,5,8-9,11-12H2. The van der Waals surface area contributed by atoms with E-state index < -0.39 is 6.10 Å². The van der Waals surface area contributed by atoms with Gasteiger partial charge in [-0.2, -0.15) is 0 Å². The van der Waals surface area contributed by atoms with Crippen LogP contribution in [-0.4, -0.2) is 30.9 Å². The Labute approximate surface area is 125 Å². The summed E-state index contributed by atoms with van der Waals surface area (Å²) in [4.78, 5) is 0. The number of aliphatic hydroxyl groups excluding tert-OH is 1. The van der Waals surface area contributed by atoms with Crippen molar-refractivity contribution in [3.8, 4) is 5.75 Å². The number of rotatable bonds is 8. The highest BCUT2D eigenvalue weighted by Crippen LogP contribution is 2.19. The number of halogens is 1. The second-order valence-corrected chi connectivity index (χ2v) is 5.57. The van der Waals surface area contributed by atoms with Crippen molar-refractivity contribution in [1.82, 2.24) is 5.32 Å². The van der Waals surface area contributed by atoms with Crippen LogP contribution in [0.15, 0.2) is 35.9 Å². The fraction of sp³-hybridized carbons (Fsp3) is 0.500. The molecule has 0 bridgehead atoms. The summed E-state index contributed by atoms with van der Waals surface area (Å²) in [6.45, 7) is 1.74. The monoisotopic (exact) mass is 295 g/mol. The molecule has 0 amide bonds. The highest BCUT2D eigenvalue weighted by Gasteiger charge is 2.07. The number of aliphatic hydroxyl groups is 1. The predicted octanol–water partition coefficient (Wildman–Crippen LogP) is 3.17. The third kappa shape index (κ3) is 5.53. The Hall–Kier alpha value is -1.03. The van der Waals surface area contributed by atoms with Crippen LogP contribution in [0.2, 0.25) is 5.02 Å². The molecule has 3 nitrogen and oxygen atoms in total. The van der Waals surface area contributed by atoms with Gasteiger partial charge in [-0.1, -0.05) is 29.3 Å². The maximum Gasteiger partial charge on any atom is 0.120 e. The van der Waals surface area contributed by atoms with Crippen LogP contribution >= 0.6 is 11.6 Å². The van der Waals surface area contributed by atoms with Crippen LogP contribution < -0.4 is 10.1 Å². The van der Waals surface area contributed by atoms with Crippen LogP contribution in [-0.2, 0) is 0 Å². The lowest BCUT2D eigenvalue weighted by Gasteiger charge is -2.13. The maximum atomic E-state index is 9.84. The van der Waals surface area contributed by atoms with Crippen LogP contribution in [0.4, 0.5) is 0 Å². The average molecular weight is 296 g/mol. The molecule has 1 aromatic rings. The van der Waals surface area contributed by atoms with E-state index in [1.807, 2.05) is 12.1 Å². The molecule has 0 radical (unpaired) electrons. The first kappa shape index (κ1) is 15.4. The normalized spacial score (nSPS) is 16.0. The van der Waals surface area contributed by atoms with E-state index in [2.05, 4.69) is 11.4 Å². The maximum absolute atomic E-state index is 9.84. The molecular weight excluding hydrogens is 274 g/mol. The largest absolute Gasteiger partial charge is 0.491 e. The molecular formula is C16H22ClNO2. The van der Waals surface area contributed by atoms with E-state index in [0.29, 0.717) is 17.3 Å². The van der Waals surface area contributed by atoms with Gasteiger partial charge >= 0.3 is 0 Å². The lowest BCUT2D eigenvalue weighted by atomic mass is 10.2. The number of nitrogens with one attached hydrogen (secondary N) is 1. The molecule has 2 N–H and O–H groups in total. The Morgan fingerprint density at radius 1 is 1.40 bits per heavy atom. The summed E-state index contributed by atoms with van der Waals surface area (Å²) in [7, 11) is 0. The molecule has 0 saturated carbocycles. The third-order valence-electron chi connectivity index (χ3n) is 3.38. The fourth-order valence-electron chi connectivity index (χ4n) is 2.29. The van der Waals surface area contributed by atoms with Crippen molar-refractivity contribution in [3.05, 3.63) is 40.9 Å². The van der Waals surface area contributed by atoms with Gasteiger partial charge in [0.2, 0.25) is 0 Å². The summed E-state index contributed by atoms with van der Waals surface area (Å²) in [5.41, 5.74) is 1.54. The Morgan fingerprint density at radius 2 is 2.30 bits per heavy atom. The first-order chi connectivity index (χ1) is 9.74. The third-order valence-corrected chi connectivity index (χ3v) is 3.61. The van der Waals surface area contributed by atoms with Crippen molar-refractivity contribution < 1.29 is 9.84 Å². The van der Waals surface area contributed by atoms with Gasteiger partial charge in [-0.3, -0.25) is 0 Å². The zero-order valence-electron chi connectivity index (χ0n) is 11.6. The van der Waals surface area contributed by atoms with Gasteiger partial charge in [-0.05, 0) is 50.4 Å². The Morgan fingerprint density at radius 3 is 3.05 bits per heavy atom. The van der Waals surface area contributed by atoms with Crippen molar-refractivity contribution in [3.63, 3.8) is 0 Å². The molecule has 1 aliphatic rings. The molecule has 0 spiro atoms. The Bertz CT molecular complexity index is 448. The van der Waals surface area contributed by atoms with E-state index in [9.17, 15) is 5.11 Å². The summed E-state index contributed by atoms with van der Waals surface area (Å²) in [5, 5.41) is 13.7. The van der Waals surface area contributed by atoms with E-state index in [0.717, 1.165) is 13.0 Å². The minimum absolute atomic E-state index is 0.274. The zero-order chi connectivity index (χ0) is 14.2. The summed E-state index contributed by atoms with van der Waals surface area (Å²) >= 11 is 5.86. The lowest BCUT2D eigenvalue weighted by molar-refractivity contribution is 0.106. The molecule has 20 heavy (non-hydrogen) atoms. The van der Waals surface area contributed by atoms with Crippen molar-refractivity contribution in [1.29, 1.82) is 0 Å². The van der Waals surface area contributed by atoms with Gasteiger partial charge in [0.1, 0.15) is 18.5 Å². The molecule has 110 valence electrons. The molecule has 2 rings (SSSR count). The Kier molecular flexibility index (Phi) is 6.37. The van der Waals surface area contributed by atoms with Crippen molar-refractivity contribution in [2.24, 2.45) is 0 Å². The van der Waals surface area contributed by atoms with E-state index >= 15 is 0 Å². The van der Waals surface area contributed by atoms with E-state index in [4.69, 9.17) is 16.3 Å². The second-order valence-electron chi connectivity index (χ2n) is 5.13. The summed E-state index contributed by atoms with van der Waals surface area (Å²) < 4.78 is 5.49. The highest BCUT2D eigenvalue weighted by molar-refractivity contribution is 6.30. The second kappa shape index (κ2) is 8.30. The van der Waals surface area contributed by atoms with Crippen molar-refractivity contribution in [2.75, 3.05) is 19.7 Å². The van der Waals surface area contributed by atoms with Crippen molar-refractivity contribution >= 4 is 11.6 Å². The first-order valence-corrected chi connectivity index (χ1v) is 7.57. The molecule has 0 aliphatic heterocycles. The smallest absolute Gasteiger partial charge is 0.120 e. The Balaban J connectivity index is 1.57. The van der Waals surface area contributed by atoms with E-state index in [1.54, 1.807) is 17.7 Å². The van der Waals surface area contributed by atoms with Gasteiger partial charge < -0.3 is 15.2 Å². The van der Waals surface area contributed by atoms with Gasteiger partial charge in [-0.15, -0.1) is 0 Å². The van der Waals surface area contributed by atoms with Crippen LogP contribution in [0.25, 0.3) is 0 Å². The van der Waals surface area contributed by atoms with Crippen LogP contribution in [0.3, 0.4) is 0 Å². The van der Waals surface area contributed by atoms with Gasteiger partial charge in [0, 0.05) is 11.6 Å². The number of hydrogen-bond donors (Lipinski definition) is 2. The highest BCUT2D eigenvalue weighted by atomic mass is 35.5. The molecule has 1 aromatic carbocycles. The van der Waals surface area contributed by atoms with E-state index in [-0.39, 0.29) is 6.61 Å². The number of ether oxygens (including phenoxy) is 1. The first-order valence-electron chi connectivity index (χ1n) is 7.19. The number of hydrogen-bond acceptors (Lipinski definition) is 3. The predicted molar refractivity (Wildman–Crippen MR) is 82.4 cm³/mol. The average Bonchev–Trinajstić information content (AvgIpc) is 2.95. The fourth-order valence-corrected chi connectivity index (χ4v) is 2.47. The van der Waals surface area contributed by atoms with Gasteiger partial charge in [0.15, 0.2) is 0 Å². The lowest BCUT2D eigenvalue weighted by Crippen LogP contribution is -2.32. The van der Waals surface area contributed by atoms with E-state index in [1.165, 1.54) is 19.3 Å². The molecule has 4 heteroatoms. The number of allylic oxidation sites excluding steroid dienone is 1. The molecule has 0 saturated heterocycles. The van der Waals surface area contributed by atoms with Gasteiger partial charge in [0.05, 0.1) is 0 Å². The van der Waals surface area contributed by atoms with Gasteiger partial charge in [-0.25, -0.2) is 0 Å². The molecule has 0 aromatic heterocycles. The SMILES string of the molecule is OC(CNCCC1=CCCC1)COc1cccc(Cl)c1. The summed E-state index contributed by atoms with van der Waals surface area (Å²) in [6.07, 6.45) is 6.67. The molecule has 1 atom stereocenters. The number of benzene rings is 1. The van der Waals surface area contributed by atoms with Crippen LogP contribution in [0, 0.1) is 0 Å². The molecule has 1 aliphatic carbocycles. The molecule has 1 unspecified atom stereocenters. The van der Waals surface area contributed by atoms with Crippen LogP contribution in [0.1, 0.15) is 25.7 Å².